The van der Waals surface area contributed by atoms with Crippen molar-refractivity contribution in [3.63, 3.8) is 0 Å². The van der Waals surface area contributed by atoms with Crippen molar-refractivity contribution in [2.24, 2.45) is 0 Å². The monoisotopic (exact) mass is 257 g/mol. The normalized spacial score (nSPS) is 11.9. The lowest BCUT2D eigenvalue weighted by Gasteiger charge is -2.13. The number of carboxylic acid groups (broad SMARTS) is 1. The fourth-order valence-corrected chi connectivity index (χ4v) is 2.07. The van der Waals surface area contributed by atoms with Crippen molar-refractivity contribution in [3.8, 4) is 11.5 Å². The van der Waals surface area contributed by atoms with Gasteiger partial charge in [0.2, 0.25) is 0 Å². The lowest BCUT2D eigenvalue weighted by molar-refractivity contribution is -0.136. The van der Waals surface area contributed by atoms with Gasteiger partial charge in [-0.3, -0.25) is 5.32 Å². The average Bonchev–Trinajstić information content (AvgIpc) is 2.35. The Morgan fingerprint density at radius 1 is 1.35 bits per heavy atom. The number of rotatable bonds is 6. The lowest BCUT2D eigenvalue weighted by atomic mass is 10.3. The number of likely N-dealkylation sites (N-methyl/N-ethyl adjacent to an activating group) is 1. The molecule has 1 rings (SSSR count). The van der Waals surface area contributed by atoms with E-state index in [0.29, 0.717) is 11.5 Å². The van der Waals surface area contributed by atoms with Crippen molar-refractivity contribution < 1.29 is 19.4 Å². The van der Waals surface area contributed by atoms with E-state index in [2.05, 4.69) is 5.32 Å². The van der Waals surface area contributed by atoms with E-state index in [0.717, 1.165) is 4.90 Å². The van der Waals surface area contributed by atoms with Gasteiger partial charge in [-0.15, -0.1) is 0 Å². The summed E-state index contributed by atoms with van der Waals surface area (Å²) < 4.78 is 10.3. The Kier molecular flexibility index (Phi) is 5.11. The second kappa shape index (κ2) is 6.36. The van der Waals surface area contributed by atoms with Crippen LogP contribution in [0, 0.1) is 0 Å². The van der Waals surface area contributed by atoms with Crippen LogP contribution in [0.3, 0.4) is 0 Å². The molecule has 5 nitrogen and oxygen atoms in total. The summed E-state index contributed by atoms with van der Waals surface area (Å²) in [5.41, 5.74) is 0. The first-order valence-corrected chi connectivity index (χ1v) is 5.79. The molecule has 0 aromatic heterocycles. The molecule has 0 aliphatic carbocycles. The second-order valence-electron chi connectivity index (χ2n) is 3.14. The molecule has 2 N–H and O–H groups in total. The summed E-state index contributed by atoms with van der Waals surface area (Å²) >= 11 is 1.20. The molecule has 94 valence electrons. The molecule has 0 aliphatic rings. The van der Waals surface area contributed by atoms with Crippen LogP contribution >= 0.6 is 11.8 Å². The largest absolute Gasteiger partial charge is 0.493 e. The number of aliphatic carboxylic acids is 1. The van der Waals surface area contributed by atoms with Gasteiger partial charge in [-0.05, 0) is 25.2 Å². The SMILES string of the molecule is CNC(Sc1ccc(OC)c(OC)c1)C(=O)O. The average molecular weight is 257 g/mol. The molecule has 0 bridgehead atoms. The zero-order valence-corrected chi connectivity index (χ0v) is 10.7. The van der Waals surface area contributed by atoms with E-state index in [9.17, 15) is 4.79 Å². The fraction of sp³-hybridized carbons (Fsp3) is 0.364. The van der Waals surface area contributed by atoms with Gasteiger partial charge in [-0.1, -0.05) is 11.8 Å². The first-order chi connectivity index (χ1) is 8.12. The Morgan fingerprint density at radius 3 is 2.47 bits per heavy atom. The quantitative estimate of drug-likeness (QED) is 0.593. The van der Waals surface area contributed by atoms with Gasteiger partial charge < -0.3 is 14.6 Å². The van der Waals surface area contributed by atoms with Gasteiger partial charge in [-0.25, -0.2) is 4.79 Å². The van der Waals surface area contributed by atoms with Crippen LogP contribution in [-0.2, 0) is 4.79 Å². The van der Waals surface area contributed by atoms with Gasteiger partial charge in [0, 0.05) is 4.90 Å². The zero-order chi connectivity index (χ0) is 12.8. The number of hydrogen-bond acceptors (Lipinski definition) is 5. The van der Waals surface area contributed by atoms with Gasteiger partial charge in [0.15, 0.2) is 16.9 Å². The molecule has 0 saturated carbocycles. The molecule has 1 aromatic rings. The van der Waals surface area contributed by atoms with Crippen LogP contribution in [0.5, 0.6) is 11.5 Å². The van der Waals surface area contributed by atoms with Crippen LogP contribution in [0.4, 0.5) is 0 Å². The summed E-state index contributed by atoms with van der Waals surface area (Å²) in [5.74, 6) is 0.290. The van der Waals surface area contributed by atoms with Crippen LogP contribution in [-0.4, -0.2) is 37.7 Å². The summed E-state index contributed by atoms with van der Waals surface area (Å²) in [7, 11) is 4.70. The number of hydrogen-bond donors (Lipinski definition) is 2. The summed E-state index contributed by atoms with van der Waals surface area (Å²) in [6.07, 6.45) is 0. The third kappa shape index (κ3) is 3.54. The maximum Gasteiger partial charge on any atom is 0.331 e. The van der Waals surface area contributed by atoms with Gasteiger partial charge >= 0.3 is 5.97 Å². The molecule has 0 heterocycles. The summed E-state index contributed by atoms with van der Waals surface area (Å²) in [6, 6.07) is 5.28. The van der Waals surface area contributed by atoms with E-state index in [1.54, 1.807) is 39.5 Å². The number of benzene rings is 1. The Balaban J connectivity index is 2.88. The maximum absolute atomic E-state index is 10.9. The molecule has 0 aliphatic heterocycles. The molecule has 6 heteroatoms. The Morgan fingerprint density at radius 2 is 2.00 bits per heavy atom. The molecule has 0 saturated heterocycles. The Labute approximate surface area is 104 Å². The highest BCUT2D eigenvalue weighted by atomic mass is 32.2. The number of thioether (sulfide) groups is 1. The molecule has 1 unspecified atom stereocenters. The van der Waals surface area contributed by atoms with Gasteiger partial charge in [0.1, 0.15) is 0 Å². The van der Waals surface area contributed by atoms with E-state index < -0.39 is 11.3 Å². The lowest BCUT2D eigenvalue weighted by Crippen LogP contribution is -2.30. The number of ether oxygens (including phenoxy) is 2. The molecule has 1 aromatic carbocycles. The van der Waals surface area contributed by atoms with Crippen LogP contribution in [0.15, 0.2) is 23.1 Å². The molecular weight excluding hydrogens is 242 g/mol. The molecule has 17 heavy (non-hydrogen) atoms. The highest BCUT2D eigenvalue weighted by Gasteiger charge is 2.17. The topological polar surface area (TPSA) is 67.8 Å². The van der Waals surface area contributed by atoms with E-state index in [4.69, 9.17) is 14.6 Å². The fourth-order valence-electron chi connectivity index (χ4n) is 1.26. The van der Waals surface area contributed by atoms with Crippen LogP contribution in [0.1, 0.15) is 0 Å². The van der Waals surface area contributed by atoms with Gasteiger partial charge in [-0.2, -0.15) is 0 Å². The minimum absolute atomic E-state index is 0.581. The van der Waals surface area contributed by atoms with Crippen molar-refractivity contribution in [1.29, 1.82) is 0 Å². The van der Waals surface area contributed by atoms with Crippen LogP contribution < -0.4 is 14.8 Å². The minimum atomic E-state index is -0.910. The summed E-state index contributed by atoms with van der Waals surface area (Å²) in [6.45, 7) is 0. The second-order valence-corrected chi connectivity index (χ2v) is 4.32. The van der Waals surface area contributed by atoms with E-state index in [1.165, 1.54) is 11.8 Å². The number of carboxylic acids is 1. The first kappa shape index (κ1) is 13.7. The van der Waals surface area contributed by atoms with Gasteiger partial charge in [0.05, 0.1) is 14.2 Å². The number of carbonyl (C=O) groups is 1. The molecular formula is C11H15NO4S. The number of nitrogens with one attached hydrogen (secondary N) is 1. The smallest absolute Gasteiger partial charge is 0.331 e. The third-order valence-electron chi connectivity index (χ3n) is 2.10. The van der Waals surface area contributed by atoms with Crippen molar-refractivity contribution >= 4 is 17.7 Å². The van der Waals surface area contributed by atoms with Crippen LogP contribution in [0.2, 0.25) is 0 Å². The summed E-state index contributed by atoms with van der Waals surface area (Å²) in [5, 5.41) is 10.9. The van der Waals surface area contributed by atoms with Crippen LogP contribution in [0.25, 0.3) is 0 Å². The van der Waals surface area contributed by atoms with E-state index in [-0.39, 0.29) is 0 Å². The van der Waals surface area contributed by atoms with Crippen molar-refractivity contribution in [2.75, 3.05) is 21.3 Å². The highest BCUT2D eigenvalue weighted by Crippen LogP contribution is 2.32. The van der Waals surface area contributed by atoms with E-state index in [1.807, 2.05) is 0 Å². The minimum Gasteiger partial charge on any atom is -0.493 e. The Hall–Kier alpha value is -1.40. The van der Waals surface area contributed by atoms with Crippen molar-refractivity contribution in [3.05, 3.63) is 18.2 Å². The first-order valence-electron chi connectivity index (χ1n) is 4.91. The predicted octanol–water partition coefficient (Wildman–Crippen LogP) is 1.43. The third-order valence-corrected chi connectivity index (χ3v) is 3.29. The predicted molar refractivity (Wildman–Crippen MR) is 65.9 cm³/mol. The molecule has 0 amide bonds. The molecule has 0 fully saturated rings. The van der Waals surface area contributed by atoms with Crippen molar-refractivity contribution in [1.82, 2.24) is 5.32 Å². The zero-order valence-electron chi connectivity index (χ0n) is 9.89. The van der Waals surface area contributed by atoms with Crippen molar-refractivity contribution in [2.45, 2.75) is 10.3 Å². The molecule has 0 spiro atoms. The summed E-state index contributed by atoms with van der Waals surface area (Å²) in [4.78, 5) is 11.7. The maximum atomic E-state index is 10.9. The molecule has 0 radical (unpaired) electrons. The Bertz CT molecular complexity index is 397. The number of methoxy groups -OCH3 is 2. The molecule has 1 atom stereocenters. The highest BCUT2D eigenvalue weighted by molar-refractivity contribution is 8.00. The van der Waals surface area contributed by atoms with E-state index >= 15 is 0 Å². The van der Waals surface area contributed by atoms with Gasteiger partial charge in [0.25, 0.3) is 0 Å². The standard InChI is InChI=1S/C11H15NO4S/c1-12-10(11(13)14)17-7-4-5-8(15-2)9(6-7)16-3/h4-6,10,12H,1-3H3,(H,13,14).